The summed E-state index contributed by atoms with van der Waals surface area (Å²) >= 11 is 0. The Labute approximate surface area is 100 Å². The first-order chi connectivity index (χ1) is 8.19. The molecule has 0 atom stereocenters. The van der Waals surface area contributed by atoms with Gasteiger partial charge in [-0.25, -0.2) is 4.39 Å². The lowest BCUT2D eigenvalue weighted by atomic mass is 9.79. The van der Waals surface area contributed by atoms with Gasteiger partial charge < -0.3 is 4.74 Å². The van der Waals surface area contributed by atoms with E-state index in [9.17, 15) is 9.18 Å². The number of ether oxygens (including phenoxy) is 1. The van der Waals surface area contributed by atoms with Crippen LogP contribution in [0.1, 0.15) is 31.2 Å². The third-order valence-electron chi connectivity index (χ3n) is 3.42. The molecule has 0 aliphatic heterocycles. The van der Waals surface area contributed by atoms with Crippen molar-refractivity contribution in [3.63, 3.8) is 0 Å². The number of benzene rings is 1. The van der Waals surface area contributed by atoms with Crippen LogP contribution in [0.3, 0.4) is 0 Å². The van der Waals surface area contributed by atoms with E-state index >= 15 is 0 Å². The molecule has 0 unspecified atom stereocenters. The summed E-state index contributed by atoms with van der Waals surface area (Å²) in [6, 6.07) is 6.23. The molecule has 1 aliphatic carbocycles. The summed E-state index contributed by atoms with van der Waals surface area (Å²) in [6.07, 6.45) is 4.49. The number of esters is 1. The van der Waals surface area contributed by atoms with Crippen LogP contribution in [0.5, 0.6) is 0 Å². The Balaban J connectivity index is 2.40. The van der Waals surface area contributed by atoms with Crippen molar-refractivity contribution in [2.24, 2.45) is 0 Å². The van der Waals surface area contributed by atoms with Crippen molar-refractivity contribution in [3.8, 4) is 0 Å². The molecule has 0 amide bonds. The van der Waals surface area contributed by atoms with Crippen LogP contribution in [-0.4, -0.2) is 5.97 Å². The fourth-order valence-electron chi connectivity index (χ4n) is 2.56. The lowest BCUT2D eigenvalue weighted by Gasteiger charge is -2.26. The maximum absolute atomic E-state index is 13.3. The van der Waals surface area contributed by atoms with E-state index < -0.39 is 5.41 Å². The number of carbonyl (C=O) groups excluding carboxylic acids is 1. The number of halogens is 1. The van der Waals surface area contributed by atoms with Gasteiger partial charge in [0, 0.05) is 0 Å². The molecular formula is C14H15FO2. The van der Waals surface area contributed by atoms with Gasteiger partial charge in [-0.2, -0.15) is 0 Å². The van der Waals surface area contributed by atoms with Gasteiger partial charge in [0.1, 0.15) is 5.82 Å². The van der Waals surface area contributed by atoms with Gasteiger partial charge in [-0.05, 0) is 30.5 Å². The van der Waals surface area contributed by atoms with Crippen LogP contribution in [0.2, 0.25) is 0 Å². The SMILES string of the molecule is C=COC(=O)C1(c2cccc(F)c2)CCCC1. The fraction of sp³-hybridized carbons (Fsp3) is 0.357. The van der Waals surface area contributed by atoms with Crippen LogP contribution in [0.4, 0.5) is 4.39 Å². The smallest absolute Gasteiger partial charge is 0.321 e. The molecule has 3 heteroatoms. The molecule has 0 bridgehead atoms. The van der Waals surface area contributed by atoms with E-state index in [2.05, 4.69) is 6.58 Å². The van der Waals surface area contributed by atoms with Gasteiger partial charge >= 0.3 is 5.97 Å². The zero-order valence-electron chi connectivity index (χ0n) is 9.62. The van der Waals surface area contributed by atoms with Crippen molar-refractivity contribution < 1.29 is 13.9 Å². The second kappa shape index (κ2) is 4.70. The van der Waals surface area contributed by atoms with Gasteiger partial charge in [0.25, 0.3) is 0 Å². The van der Waals surface area contributed by atoms with Crippen LogP contribution in [0, 0.1) is 5.82 Å². The predicted octanol–water partition coefficient (Wildman–Crippen LogP) is 3.32. The largest absolute Gasteiger partial charge is 0.434 e. The molecule has 90 valence electrons. The minimum atomic E-state index is -0.684. The lowest BCUT2D eigenvalue weighted by Crippen LogP contribution is -2.33. The second-order valence-corrected chi connectivity index (χ2v) is 4.37. The second-order valence-electron chi connectivity index (χ2n) is 4.37. The first-order valence-electron chi connectivity index (χ1n) is 5.77. The van der Waals surface area contributed by atoms with Crippen LogP contribution < -0.4 is 0 Å². The quantitative estimate of drug-likeness (QED) is 0.592. The van der Waals surface area contributed by atoms with E-state index in [1.54, 1.807) is 12.1 Å². The van der Waals surface area contributed by atoms with Crippen LogP contribution in [0.25, 0.3) is 0 Å². The van der Waals surface area contributed by atoms with E-state index in [1.807, 2.05) is 0 Å². The molecule has 0 radical (unpaired) electrons. The minimum Gasteiger partial charge on any atom is -0.434 e. The van der Waals surface area contributed by atoms with Crippen molar-refractivity contribution in [2.45, 2.75) is 31.1 Å². The summed E-state index contributed by atoms with van der Waals surface area (Å²) in [5, 5.41) is 0. The third-order valence-corrected chi connectivity index (χ3v) is 3.42. The highest BCUT2D eigenvalue weighted by Crippen LogP contribution is 2.42. The Bertz CT molecular complexity index is 434. The Morgan fingerprint density at radius 3 is 2.71 bits per heavy atom. The summed E-state index contributed by atoms with van der Waals surface area (Å²) in [5.74, 6) is -0.643. The molecule has 2 rings (SSSR count). The van der Waals surface area contributed by atoms with Gasteiger partial charge in [-0.15, -0.1) is 0 Å². The molecule has 0 N–H and O–H groups in total. The topological polar surface area (TPSA) is 26.3 Å². The molecule has 0 heterocycles. The Kier molecular flexibility index (Phi) is 3.27. The normalized spacial score (nSPS) is 17.7. The average molecular weight is 234 g/mol. The highest BCUT2D eigenvalue weighted by atomic mass is 19.1. The van der Waals surface area contributed by atoms with Crippen molar-refractivity contribution >= 4 is 5.97 Å². The first-order valence-corrected chi connectivity index (χ1v) is 5.77. The molecule has 0 saturated heterocycles. The third kappa shape index (κ3) is 2.09. The number of hydrogen-bond donors (Lipinski definition) is 0. The molecule has 2 nitrogen and oxygen atoms in total. The maximum Gasteiger partial charge on any atom is 0.321 e. The highest BCUT2D eigenvalue weighted by molar-refractivity contribution is 5.84. The van der Waals surface area contributed by atoms with E-state index in [0.29, 0.717) is 18.4 Å². The summed E-state index contributed by atoms with van der Waals surface area (Å²) in [5.41, 5.74) is 0.0258. The summed E-state index contributed by atoms with van der Waals surface area (Å²) < 4.78 is 18.2. The van der Waals surface area contributed by atoms with Gasteiger partial charge in [0.05, 0.1) is 11.7 Å². The lowest BCUT2D eigenvalue weighted by molar-refractivity contribution is -0.144. The van der Waals surface area contributed by atoms with Gasteiger partial charge in [0.15, 0.2) is 0 Å². The van der Waals surface area contributed by atoms with E-state index in [4.69, 9.17) is 4.74 Å². The molecule has 1 saturated carbocycles. The van der Waals surface area contributed by atoms with Crippen LogP contribution >= 0.6 is 0 Å². The van der Waals surface area contributed by atoms with Crippen LogP contribution in [-0.2, 0) is 14.9 Å². The van der Waals surface area contributed by atoms with E-state index in [-0.39, 0.29) is 11.8 Å². The molecule has 0 spiro atoms. The predicted molar refractivity (Wildman–Crippen MR) is 62.8 cm³/mol. The molecule has 1 aromatic carbocycles. The zero-order valence-corrected chi connectivity index (χ0v) is 9.62. The average Bonchev–Trinajstić information content (AvgIpc) is 2.79. The molecule has 17 heavy (non-hydrogen) atoms. The van der Waals surface area contributed by atoms with E-state index in [0.717, 1.165) is 19.1 Å². The van der Waals surface area contributed by atoms with Crippen LogP contribution in [0.15, 0.2) is 37.1 Å². The number of rotatable bonds is 3. The monoisotopic (exact) mass is 234 g/mol. The maximum atomic E-state index is 13.3. The van der Waals surface area contributed by atoms with Gasteiger partial charge in [-0.3, -0.25) is 4.79 Å². The van der Waals surface area contributed by atoms with Gasteiger partial charge in [0.2, 0.25) is 0 Å². The van der Waals surface area contributed by atoms with Crippen molar-refractivity contribution in [3.05, 3.63) is 48.5 Å². The minimum absolute atomic E-state index is 0.319. The highest BCUT2D eigenvalue weighted by Gasteiger charge is 2.44. The zero-order chi connectivity index (χ0) is 12.3. The van der Waals surface area contributed by atoms with Gasteiger partial charge in [-0.1, -0.05) is 31.6 Å². The number of carbonyl (C=O) groups is 1. The summed E-state index contributed by atoms with van der Waals surface area (Å²) in [6.45, 7) is 3.40. The summed E-state index contributed by atoms with van der Waals surface area (Å²) in [7, 11) is 0. The van der Waals surface area contributed by atoms with Crippen molar-refractivity contribution in [2.75, 3.05) is 0 Å². The fourth-order valence-corrected chi connectivity index (χ4v) is 2.56. The first kappa shape index (κ1) is 11.8. The molecule has 1 aliphatic rings. The number of hydrogen-bond acceptors (Lipinski definition) is 2. The summed E-state index contributed by atoms with van der Waals surface area (Å²) in [4.78, 5) is 12.1. The molecule has 0 aromatic heterocycles. The van der Waals surface area contributed by atoms with E-state index in [1.165, 1.54) is 12.1 Å². The van der Waals surface area contributed by atoms with Crippen molar-refractivity contribution in [1.29, 1.82) is 0 Å². The molecule has 1 aromatic rings. The molecule has 1 fully saturated rings. The Morgan fingerprint density at radius 1 is 1.41 bits per heavy atom. The molecular weight excluding hydrogens is 219 g/mol. The Hall–Kier alpha value is -1.64. The van der Waals surface area contributed by atoms with Crippen molar-refractivity contribution in [1.82, 2.24) is 0 Å². The Morgan fingerprint density at radius 2 is 2.12 bits per heavy atom. The standard InChI is InChI=1S/C14H15FO2/c1-2-17-13(16)14(8-3-4-9-14)11-6-5-7-12(15)10-11/h2,5-7,10H,1,3-4,8-9H2.